The Morgan fingerprint density at radius 1 is 1.05 bits per heavy atom. The van der Waals surface area contributed by atoms with E-state index >= 15 is 0 Å². The lowest BCUT2D eigenvalue weighted by Gasteiger charge is -2.15. The standard InChI is InChI=1S/C17H18O2/c1-11-9-12(2)16(17(18)19)15(13(11)3)10-14-7-5-4-6-8-14/h4-9H,10H2,1-3H3,(H,18,19). The maximum absolute atomic E-state index is 11.5. The Kier molecular flexibility index (Phi) is 3.70. The highest BCUT2D eigenvalue weighted by molar-refractivity contribution is 5.92. The maximum Gasteiger partial charge on any atom is 0.336 e. The van der Waals surface area contributed by atoms with E-state index in [1.165, 1.54) is 0 Å². The fraction of sp³-hybridized carbons (Fsp3) is 0.235. The topological polar surface area (TPSA) is 37.3 Å². The van der Waals surface area contributed by atoms with Crippen molar-refractivity contribution in [3.05, 3.63) is 69.8 Å². The van der Waals surface area contributed by atoms with Crippen LogP contribution in [0.15, 0.2) is 36.4 Å². The van der Waals surface area contributed by atoms with Crippen molar-refractivity contribution >= 4 is 5.97 Å². The second-order valence-corrected chi connectivity index (χ2v) is 4.96. The molecule has 2 aromatic carbocycles. The number of hydrogen-bond donors (Lipinski definition) is 1. The molecule has 1 N–H and O–H groups in total. The van der Waals surface area contributed by atoms with E-state index in [1.54, 1.807) is 0 Å². The van der Waals surface area contributed by atoms with Crippen molar-refractivity contribution in [3.63, 3.8) is 0 Å². The highest BCUT2D eigenvalue weighted by Crippen LogP contribution is 2.25. The third kappa shape index (κ3) is 2.68. The summed E-state index contributed by atoms with van der Waals surface area (Å²) in [6, 6.07) is 11.9. The first kappa shape index (κ1) is 13.3. The van der Waals surface area contributed by atoms with Crippen molar-refractivity contribution in [3.8, 4) is 0 Å². The Morgan fingerprint density at radius 3 is 2.26 bits per heavy atom. The van der Waals surface area contributed by atoms with E-state index in [9.17, 15) is 9.90 Å². The van der Waals surface area contributed by atoms with Gasteiger partial charge in [-0.3, -0.25) is 0 Å². The number of aryl methyl sites for hydroxylation is 2. The summed E-state index contributed by atoms with van der Waals surface area (Å²) in [6.45, 7) is 5.90. The molecule has 0 bridgehead atoms. The molecule has 2 rings (SSSR count). The summed E-state index contributed by atoms with van der Waals surface area (Å²) in [5, 5.41) is 9.44. The van der Waals surface area contributed by atoms with Crippen LogP contribution in [-0.4, -0.2) is 11.1 Å². The molecule has 2 aromatic rings. The van der Waals surface area contributed by atoms with Crippen LogP contribution in [0.3, 0.4) is 0 Å². The summed E-state index contributed by atoms with van der Waals surface area (Å²) < 4.78 is 0. The van der Waals surface area contributed by atoms with Gasteiger partial charge >= 0.3 is 5.97 Å². The number of rotatable bonds is 3. The van der Waals surface area contributed by atoms with Gasteiger partial charge in [-0.05, 0) is 55.0 Å². The van der Waals surface area contributed by atoms with Crippen molar-refractivity contribution in [2.24, 2.45) is 0 Å². The zero-order valence-electron chi connectivity index (χ0n) is 11.5. The highest BCUT2D eigenvalue weighted by atomic mass is 16.4. The lowest BCUT2D eigenvalue weighted by molar-refractivity contribution is 0.0695. The fourth-order valence-corrected chi connectivity index (χ4v) is 2.49. The number of hydrogen-bond acceptors (Lipinski definition) is 1. The van der Waals surface area contributed by atoms with Crippen molar-refractivity contribution in [1.82, 2.24) is 0 Å². The molecule has 0 amide bonds. The van der Waals surface area contributed by atoms with Gasteiger partial charge in [0.25, 0.3) is 0 Å². The first-order valence-electron chi connectivity index (χ1n) is 6.37. The molecule has 2 nitrogen and oxygen atoms in total. The molecular weight excluding hydrogens is 236 g/mol. The molecule has 98 valence electrons. The predicted octanol–water partition coefficient (Wildman–Crippen LogP) is 3.90. The third-order valence-electron chi connectivity index (χ3n) is 3.61. The summed E-state index contributed by atoms with van der Waals surface area (Å²) in [5.74, 6) is -0.841. The van der Waals surface area contributed by atoms with Crippen LogP contribution in [0.4, 0.5) is 0 Å². The molecule has 0 saturated carbocycles. The van der Waals surface area contributed by atoms with Gasteiger partial charge in [-0.25, -0.2) is 4.79 Å². The van der Waals surface area contributed by atoms with Gasteiger partial charge in [-0.2, -0.15) is 0 Å². The molecule has 0 aliphatic carbocycles. The van der Waals surface area contributed by atoms with Crippen LogP contribution >= 0.6 is 0 Å². The monoisotopic (exact) mass is 254 g/mol. The van der Waals surface area contributed by atoms with Crippen molar-refractivity contribution in [2.75, 3.05) is 0 Å². The average molecular weight is 254 g/mol. The maximum atomic E-state index is 11.5. The van der Waals surface area contributed by atoms with Crippen molar-refractivity contribution < 1.29 is 9.90 Å². The smallest absolute Gasteiger partial charge is 0.336 e. The molecule has 2 heteroatoms. The number of carbonyl (C=O) groups is 1. The van der Waals surface area contributed by atoms with Crippen LogP contribution < -0.4 is 0 Å². The van der Waals surface area contributed by atoms with E-state index < -0.39 is 5.97 Å². The molecular formula is C17H18O2. The largest absolute Gasteiger partial charge is 0.478 e. The Balaban J connectivity index is 2.57. The van der Waals surface area contributed by atoms with Gasteiger partial charge in [-0.1, -0.05) is 36.4 Å². The normalized spacial score (nSPS) is 10.5. The minimum Gasteiger partial charge on any atom is -0.478 e. The Morgan fingerprint density at radius 2 is 1.68 bits per heavy atom. The van der Waals surface area contributed by atoms with Gasteiger partial charge in [0.15, 0.2) is 0 Å². The summed E-state index contributed by atoms with van der Waals surface area (Å²) in [6.07, 6.45) is 0.664. The van der Waals surface area contributed by atoms with Crippen LogP contribution in [0, 0.1) is 20.8 Å². The Labute approximate surface area is 113 Å². The van der Waals surface area contributed by atoms with Gasteiger partial charge in [0, 0.05) is 0 Å². The van der Waals surface area contributed by atoms with Gasteiger partial charge in [0.05, 0.1) is 5.56 Å². The Hall–Kier alpha value is -2.09. The zero-order chi connectivity index (χ0) is 14.0. The molecule has 0 radical (unpaired) electrons. The SMILES string of the molecule is Cc1cc(C)c(C(=O)O)c(Cc2ccccc2)c1C. The van der Waals surface area contributed by atoms with E-state index in [-0.39, 0.29) is 0 Å². The van der Waals surface area contributed by atoms with E-state index in [4.69, 9.17) is 0 Å². The molecule has 0 aliphatic rings. The lowest BCUT2D eigenvalue weighted by Crippen LogP contribution is -2.09. The summed E-state index contributed by atoms with van der Waals surface area (Å²) in [5.41, 5.74) is 5.57. The minimum atomic E-state index is -0.841. The number of benzene rings is 2. The number of carboxylic acids is 1. The van der Waals surface area contributed by atoms with Crippen LogP contribution in [-0.2, 0) is 6.42 Å². The molecule has 0 aliphatic heterocycles. The van der Waals surface area contributed by atoms with Crippen LogP contribution in [0.2, 0.25) is 0 Å². The first-order valence-corrected chi connectivity index (χ1v) is 6.37. The predicted molar refractivity (Wildman–Crippen MR) is 76.9 cm³/mol. The van der Waals surface area contributed by atoms with E-state index in [1.807, 2.05) is 57.2 Å². The third-order valence-corrected chi connectivity index (χ3v) is 3.61. The first-order chi connectivity index (χ1) is 9.00. The summed E-state index contributed by atoms with van der Waals surface area (Å²) in [7, 11) is 0. The molecule has 0 fully saturated rings. The zero-order valence-corrected chi connectivity index (χ0v) is 11.5. The average Bonchev–Trinajstić information content (AvgIpc) is 2.36. The highest BCUT2D eigenvalue weighted by Gasteiger charge is 2.17. The summed E-state index contributed by atoms with van der Waals surface area (Å²) >= 11 is 0. The molecule has 0 spiro atoms. The molecule has 19 heavy (non-hydrogen) atoms. The fourth-order valence-electron chi connectivity index (χ4n) is 2.49. The molecule has 0 aromatic heterocycles. The van der Waals surface area contributed by atoms with E-state index in [2.05, 4.69) is 0 Å². The molecule has 0 atom stereocenters. The quantitative estimate of drug-likeness (QED) is 0.902. The molecule has 0 unspecified atom stereocenters. The minimum absolute atomic E-state index is 0.451. The Bertz CT molecular complexity index is 613. The molecule has 0 heterocycles. The van der Waals surface area contributed by atoms with Crippen LogP contribution in [0.1, 0.15) is 38.2 Å². The van der Waals surface area contributed by atoms with E-state index in [0.717, 1.165) is 27.8 Å². The second kappa shape index (κ2) is 5.27. The molecule has 0 saturated heterocycles. The van der Waals surface area contributed by atoms with Crippen LogP contribution in [0.5, 0.6) is 0 Å². The van der Waals surface area contributed by atoms with Crippen LogP contribution in [0.25, 0.3) is 0 Å². The second-order valence-electron chi connectivity index (χ2n) is 4.96. The van der Waals surface area contributed by atoms with Gasteiger partial charge in [0.2, 0.25) is 0 Å². The van der Waals surface area contributed by atoms with Gasteiger partial charge in [0.1, 0.15) is 0 Å². The van der Waals surface area contributed by atoms with E-state index in [0.29, 0.717) is 12.0 Å². The number of carboxylic acid groups (broad SMARTS) is 1. The van der Waals surface area contributed by atoms with Crippen molar-refractivity contribution in [2.45, 2.75) is 27.2 Å². The lowest BCUT2D eigenvalue weighted by atomic mass is 9.89. The van der Waals surface area contributed by atoms with Gasteiger partial charge < -0.3 is 5.11 Å². The summed E-state index contributed by atoms with van der Waals surface area (Å²) in [4.78, 5) is 11.5. The van der Waals surface area contributed by atoms with Gasteiger partial charge in [-0.15, -0.1) is 0 Å². The van der Waals surface area contributed by atoms with Crippen molar-refractivity contribution in [1.29, 1.82) is 0 Å². The number of aromatic carboxylic acids is 1.